The van der Waals surface area contributed by atoms with E-state index in [1.165, 1.54) is 19.2 Å². The molecular weight excluding hydrogens is 204 g/mol. The number of fused-ring (bicyclic) bond motifs is 1. The second-order valence-corrected chi connectivity index (χ2v) is 4.34. The normalized spacial score (nSPS) is 20.8. The fraction of sp³-hybridized carbons (Fsp3) is 0.545. The molecule has 84 valence electrons. The predicted octanol–water partition coefficient (Wildman–Crippen LogP) is 1.45. The average molecular weight is 218 g/mol. The number of nitrogens with zero attached hydrogens (tertiary/aromatic N) is 3. The zero-order valence-electron chi connectivity index (χ0n) is 9.02. The maximum absolute atomic E-state index is 11.9. The van der Waals surface area contributed by atoms with E-state index >= 15 is 0 Å². The molecule has 3 rings (SSSR count). The lowest BCUT2D eigenvalue weighted by Gasteiger charge is -2.32. The van der Waals surface area contributed by atoms with Crippen LogP contribution in [0.25, 0.3) is 0 Å². The van der Waals surface area contributed by atoms with Crippen LogP contribution in [-0.4, -0.2) is 22.0 Å². The summed E-state index contributed by atoms with van der Waals surface area (Å²) in [7, 11) is 0. The van der Waals surface area contributed by atoms with Gasteiger partial charge in [0.15, 0.2) is 0 Å². The van der Waals surface area contributed by atoms with Gasteiger partial charge < -0.3 is 5.32 Å². The Hall–Kier alpha value is -1.65. The summed E-state index contributed by atoms with van der Waals surface area (Å²) in [6.07, 6.45) is 7.86. The lowest BCUT2D eigenvalue weighted by atomic mass is 10.1. The molecule has 0 bridgehead atoms. The number of hydrogen-bond acceptors (Lipinski definition) is 3. The van der Waals surface area contributed by atoms with Gasteiger partial charge in [0, 0.05) is 24.3 Å². The van der Waals surface area contributed by atoms with E-state index in [1.807, 2.05) is 4.90 Å². The molecule has 0 atom stereocenters. The molecule has 0 saturated heterocycles. The van der Waals surface area contributed by atoms with Gasteiger partial charge in [0.05, 0.1) is 0 Å². The van der Waals surface area contributed by atoms with E-state index in [2.05, 4.69) is 15.3 Å². The summed E-state index contributed by atoms with van der Waals surface area (Å²) >= 11 is 0. The van der Waals surface area contributed by atoms with E-state index in [0.29, 0.717) is 12.6 Å². The lowest BCUT2D eigenvalue weighted by Crippen LogP contribution is -2.49. The van der Waals surface area contributed by atoms with Gasteiger partial charge in [0.1, 0.15) is 12.1 Å². The van der Waals surface area contributed by atoms with Gasteiger partial charge in [0.25, 0.3) is 0 Å². The van der Waals surface area contributed by atoms with Gasteiger partial charge in [-0.2, -0.15) is 0 Å². The number of anilines is 1. The van der Waals surface area contributed by atoms with E-state index in [1.54, 1.807) is 6.20 Å². The maximum atomic E-state index is 11.9. The minimum atomic E-state index is -0.0156. The third-order valence-corrected chi connectivity index (χ3v) is 3.33. The van der Waals surface area contributed by atoms with E-state index in [-0.39, 0.29) is 6.03 Å². The van der Waals surface area contributed by atoms with Crippen molar-refractivity contribution < 1.29 is 4.79 Å². The Bertz CT molecular complexity index is 414. The Morgan fingerprint density at radius 1 is 1.38 bits per heavy atom. The van der Waals surface area contributed by atoms with Crippen molar-refractivity contribution in [3.8, 4) is 0 Å². The highest BCUT2D eigenvalue weighted by Gasteiger charge is 2.33. The minimum absolute atomic E-state index is 0.0156. The molecule has 1 saturated carbocycles. The fourth-order valence-corrected chi connectivity index (χ4v) is 2.55. The SMILES string of the molecule is O=C1NCc2cncnc2N1C1CCCC1. The van der Waals surface area contributed by atoms with E-state index in [0.717, 1.165) is 24.2 Å². The first kappa shape index (κ1) is 9.57. The first-order chi connectivity index (χ1) is 7.86. The monoisotopic (exact) mass is 218 g/mol. The molecule has 0 unspecified atom stereocenters. The van der Waals surface area contributed by atoms with Crippen molar-refractivity contribution in [2.24, 2.45) is 0 Å². The molecule has 5 heteroatoms. The van der Waals surface area contributed by atoms with Crippen LogP contribution in [0.5, 0.6) is 0 Å². The van der Waals surface area contributed by atoms with E-state index in [9.17, 15) is 4.79 Å². The number of amides is 2. The van der Waals surface area contributed by atoms with Crippen LogP contribution in [0.1, 0.15) is 31.2 Å². The van der Waals surface area contributed by atoms with Crippen molar-refractivity contribution in [3.05, 3.63) is 18.1 Å². The van der Waals surface area contributed by atoms with Crippen LogP contribution >= 0.6 is 0 Å². The van der Waals surface area contributed by atoms with Crippen molar-refractivity contribution >= 4 is 11.8 Å². The van der Waals surface area contributed by atoms with Gasteiger partial charge in [-0.25, -0.2) is 14.8 Å². The third-order valence-electron chi connectivity index (χ3n) is 3.33. The van der Waals surface area contributed by atoms with Crippen LogP contribution in [0.4, 0.5) is 10.6 Å². The molecule has 1 fully saturated rings. The smallest absolute Gasteiger partial charge is 0.323 e. The van der Waals surface area contributed by atoms with Crippen LogP contribution < -0.4 is 10.2 Å². The summed E-state index contributed by atoms with van der Waals surface area (Å²) in [4.78, 5) is 22.0. The van der Waals surface area contributed by atoms with Crippen LogP contribution in [0.2, 0.25) is 0 Å². The number of urea groups is 1. The molecule has 0 radical (unpaired) electrons. The summed E-state index contributed by atoms with van der Waals surface area (Å²) in [5.74, 6) is 0.797. The molecule has 0 spiro atoms. The molecule has 1 N–H and O–H groups in total. The molecule has 2 heterocycles. The van der Waals surface area contributed by atoms with Crippen LogP contribution in [0.3, 0.4) is 0 Å². The van der Waals surface area contributed by atoms with E-state index < -0.39 is 0 Å². The topological polar surface area (TPSA) is 58.1 Å². The van der Waals surface area contributed by atoms with Crippen LogP contribution in [0, 0.1) is 0 Å². The van der Waals surface area contributed by atoms with Crippen molar-refractivity contribution in [2.75, 3.05) is 4.90 Å². The Morgan fingerprint density at radius 3 is 3.00 bits per heavy atom. The highest BCUT2D eigenvalue weighted by molar-refractivity contribution is 5.94. The average Bonchev–Trinajstić information content (AvgIpc) is 2.82. The minimum Gasteiger partial charge on any atom is -0.333 e. The Labute approximate surface area is 93.9 Å². The third kappa shape index (κ3) is 1.43. The van der Waals surface area contributed by atoms with Gasteiger partial charge >= 0.3 is 6.03 Å². The van der Waals surface area contributed by atoms with Crippen LogP contribution in [0.15, 0.2) is 12.5 Å². The Balaban J connectivity index is 1.99. The molecule has 1 aromatic heterocycles. The van der Waals surface area contributed by atoms with Crippen molar-refractivity contribution in [1.82, 2.24) is 15.3 Å². The zero-order valence-corrected chi connectivity index (χ0v) is 9.02. The van der Waals surface area contributed by atoms with Gasteiger partial charge in [-0.05, 0) is 12.8 Å². The molecule has 1 aliphatic carbocycles. The second kappa shape index (κ2) is 3.73. The number of rotatable bonds is 1. The first-order valence-electron chi connectivity index (χ1n) is 5.72. The quantitative estimate of drug-likeness (QED) is 0.776. The van der Waals surface area contributed by atoms with Gasteiger partial charge in [-0.3, -0.25) is 4.90 Å². The van der Waals surface area contributed by atoms with Gasteiger partial charge in [0.2, 0.25) is 0 Å². The number of carbonyl (C=O) groups excluding carboxylic acids is 1. The number of nitrogens with one attached hydrogen (secondary N) is 1. The molecule has 5 nitrogen and oxygen atoms in total. The van der Waals surface area contributed by atoms with Crippen LogP contribution in [-0.2, 0) is 6.54 Å². The molecule has 1 aliphatic heterocycles. The van der Waals surface area contributed by atoms with Crippen molar-refractivity contribution in [2.45, 2.75) is 38.3 Å². The standard InChI is InChI=1S/C11H14N4O/c16-11-13-6-8-5-12-7-14-10(8)15(11)9-3-1-2-4-9/h5,7,9H,1-4,6H2,(H,13,16). The first-order valence-corrected chi connectivity index (χ1v) is 5.72. The zero-order chi connectivity index (χ0) is 11.0. The summed E-state index contributed by atoms with van der Waals surface area (Å²) in [6.45, 7) is 0.540. The molecule has 2 aliphatic rings. The van der Waals surface area contributed by atoms with Crippen molar-refractivity contribution in [3.63, 3.8) is 0 Å². The number of carbonyl (C=O) groups is 1. The van der Waals surface area contributed by atoms with Gasteiger partial charge in [-0.15, -0.1) is 0 Å². The van der Waals surface area contributed by atoms with Gasteiger partial charge in [-0.1, -0.05) is 12.8 Å². The molecule has 0 aromatic carbocycles. The molecule has 16 heavy (non-hydrogen) atoms. The fourth-order valence-electron chi connectivity index (χ4n) is 2.55. The summed E-state index contributed by atoms with van der Waals surface area (Å²) in [5.41, 5.74) is 1.01. The summed E-state index contributed by atoms with van der Waals surface area (Å²) in [6, 6.07) is 0.298. The summed E-state index contributed by atoms with van der Waals surface area (Å²) < 4.78 is 0. The molecular formula is C11H14N4O. The van der Waals surface area contributed by atoms with E-state index in [4.69, 9.17) is 0 Å². The maximum Gasteiger partial charge on any atom is 0.323 e. The highest BCUT2D eigenvalue weighted by atomic mass is 16.2. The highest BCUT2D eigenvalue weighted by Crippen LogP contribution is 2.30. The van der Waals surface area contributed by atoms with Crippen molar-refractivity contribution in [1.29, 1.82) is 0 Å². The lowest BCUT2D eigenvalue weighted by molar-refractivity contribution is 0.241. The Morgan fingerprint density at radius 2 is 2.19 bits per heavy atom. The number of hydrogen-bond donors (Lipinski definition) is 1. The Kier molecular flexibility index (Phi) is 2.23. The second-order valence-electron chi connectivity index (χ2n) is 4.34. The summed E-state index contributed by atoms with van der Waals surface area (Å²) in [5, 5.41) is 2.87. The largest absolute Gasteiger partial charge is 0.333 e. The number of aromatic nitrogens is 2. The predicted molar refractivity (Wildman–Crippen MR) is 59.0 cm³/mol. The molecule has 2 amide bonds. The molecule has 1 aromatic rings.